The van der Waals surface area contributed by atoms with E-state index >= 15 is 0 Å². The number of aryl methyl sites for hydroxylation is 1. The van der Waals surface area contributed by atoms with Gasteiger partial charge >= 0.3 is 0 Å². The van der Waals surface area contributed by atoms with Gasteiger partial charge in [-0.15, -0.1) is 0 Å². The van der Waals surface area contributed by atoms with Gasteiger partial charge in [-0.2, -0.15) is 0 Å². The largest absolute Gasteiger partial charge is 0.382 e. The summed E-state index contributed by atoms with van der Waals surface area (Å²) in [6.45, 7) is 2.17. The van der Waals surface area contributed by atoms with Gasteiger partial charge < -0.3 is 19.4 Å². The van der Waals surface area contributed by atoms with E-state index in [-0.39, 0.29) is 6.10 Å². The van der Waals surface area contributed by atoms with E-state index in [9.17, 15) is 0 Å². The lowest BCUT2D eigenvalue weighted by molar-refractivity contribution is 0.0287. The molecule has 0 saturated heterocycles. The molecule has 0 fully saturated rings. The van der Waals surface area contributed by atoms with Gasteiger partial charge in [0.25, 0.3) is 0 Å². The lowest BCUT2D eigenvalue weighted by Crippen LogP contribution is -2.31. The maximum atomic E-state index is 5.23. The summed E-state index contributed by atoms with van der Waals surface area (Å²) in [4.78, 5) is 4.04. The Labute approximate surface area is 90.4 Å². The van der Waals surface area contributed by atoms with Crippen molar-refractivity contribution in [3.63, 3.8) is 0 Å². The molecular weight excluding hydrogens is 194 g/mol. The first-order chi connectivity index (χ1) is 7.27. The molecule has 0 amide bonds. The Hall–Kier alpha value is -0.910. The lowest BCUT2D eigenvalue weighted by atomic mass is 10.3. The van der Waals surface area contributed by atoms with Crippen LogP contribution in [0.5, 0.6) is 0 Å². The molecule has 0 spiro atoms. The number of rotatable bonds is 7. The first-order valence-corrected chi connectivity index (χ1v) is 4.95. The zero-order valence-corrected chi connectivity index (χ0v) is 9.56. The molecule has 15 heavy (non-hydrogen) atoms. The average Bonchev–Trinajstić information content (AvgIpc) is 2.63. The highest BCUT2D eigenvalue weighted by Crippen LogP contribution is 1.96. The summed E-state index contributed by atoms with van der Waals surface area (Å²) in [6, 6.07) is 0. The highest BCUT2D eigenvalue weighted by atomic mass is 16.5. The van der Waals surface area contributed by atoms with Crippen LogP contribution in [0.1, 0.15) is 5.69 Å². The normalized spacial score (nSPS) is 13.0. The molecule has 1 rings (SSSR count). The summed E-state index contributed by atoms with van der Waals surface area (Å²) >= 11 is 0. The second-order valence-electron chi connectivity index (χ2n) is 3.44. The minimum Gasteiger partial charge on any atom is -0.382 e. The van der Waals surface area contributed by atoms with E-state index in [1.54, 1.807) is 20.5 Å². The van der Waals surface area contributed by atoms with Gasteiger partial charge in [-0.3, -0.25) is 0 Å². The highest BCUT2D eigenvalue weighted by Gasteiger charge is 2.06. The zero-order valence-electron chi connectivity index (χ0n) is 9.56. The Bertz CT molecular complexity index is 275. The number of methoxy groups -OCH3 is 2. The number of imidazole rings is 1. The van der Waals surface area contributed by atoms with Gasteiger partial charge in [-0.25, -0.2) is 4.98 Å². The van der Waals surface area contributed by atoms with Gasteiger partial charge in [-0.05, 0) is 0 Å². The van der Waals surface area contributed by atoms with Crippen molar-refractivity contribution in [3.05, 3.63) is 18.2 Å². The van der Waals surface area contributed by atoms with Crippen LogP contribution in [0.25, 0.3) is 0 Å². The molecule has 1 unspecified atom stereocenters. The van der Waals surface area contributed by atoms with Crippen molar-refractivity contribution in [2.75, 3.05) is 27.4 Å². The van der Waals surface area contributed by atoms with Crippen LogP contribution in [0.15, 0.2) is 12.5 Å². The Kier molecular flexibility index (Phi) is 5.31. The molecule has 86 valence electrons. The summed E-state index contributed by atoms with van der Waals surface area (Å²) in [7, 11) is 5.34. The Morgan fingerprint density at radius 1 is 1.53 bits per heavy atom. The van der Waals surface area contributed by atoms with Crippen LogP contribution in [-0.2, 0) is 23.1 Å². The van der Waals surface area contributed by atoms with Crippen molar-refractivity contribution < 1.29 is 9.47 Å². The Morgan fingerprint density at radius 2 is 2.33 bits per heavy atom. The van der Waals surface area contributed by atoms with Crippen molar-refractivity contribution in [1.82, 2.24) is 14.9 Å². The van der Waals surface area contributed by atoms with E-state index in [2.05, 4.69) is 10.3 Å². The van der Waals surface area contributed by atoms with Crippen molar-refractivity contribution >= 4 is 0 Å². The smallest absolute Gasteiger partial charge is 0.0945 e. The molecule has 0 aliphatic carbocycles. The maximum Gasteiger partial charge on any atom is 0.0945 e. The van der Waals surface area contributed by atoms with Crippen molar-refractivity contribution in [1.29, 1.82) is 0 Å². The number of nitrogens with zero attached hydrogens (tertiary/aromatic N) is 2. The van der Waals surface area contributed by atoms with Crippen LogP contribution in [-0.4, -0.2) is 43.0 Å². The van der Waals surface area contributed by atoms with Gasteiger partial charge in [0.2, 0.25) is 0 Å². The van der Waals surface area contributed by atoms with Crippen molar-refractivity contribution in [2.24, 2.45) is 7.05 Å². The second-order valence-corrected chi connectivity index (χ2v) is 3.44. The molecule has 0 bridgehead atoms. The molecule has 0 saturated carbocycles. The number of ether oxygens (including phenoxy) is 2. The van der Waals surface area contributed by atoms with E-state index < -0.39 is 0 Å². The molecule has 0 radical (unpaired) electrons. The predicted octanol–water partition coefficient (Wildman–Crippen LogP) is 0.171. The van der Waals surface area contributed by atoms with E-state index in [0.29, 0.717) is 6.61 Å². The Balaban J connectivity index is 2.23. The predicted molar refractivity (Wildman–Crippen MR) is 57.6 cm³/mol. The molecule has 1 atom stereocenters. The third kappa shape index (κ3) is 3.99. The Morgan fingerprint density at radius 3 is 2.87 bits per heavy atom. The number of hydrogen-bond acceptors (Lipinski definition) is 4. The van der Waals surface area contributed by atoms with Crippen LogP contribution in [0.2, 0.25) is 0 Å². The van der Waals surface area contributed by atoms with Gasteiger partial charge in [0.05, 0.1) is 24.7 Å². The number of nitrogens with one attached hydrogen (secondary N) is 1. The topological polar surface area (TPSA) is 48.3 Å². The minimum absolute atomic E-state index is 0.100. The first-order valence-electron chi connectivity index (χ1n) is 4.95. The summed E-state index contributed by atoms with van der Waals surface area (Å²) in [6.07, 6.45) is 3.74. The van der Waals surface area contributed by atoms with E-state index in [0.717, 1.165) is 18.8 Å². The fourth-order valence-electron chi connectivity index (χ4n) is 1.31. The maximum absolute atomic E-state index is 5.23. The molecule has 5 heteroatoms. The van der Waals surface area contributed by atoms with Crippen LogP contribution < -0.4 is 5.32 Å². The SMILES string of the molecule is COCC(CNCc1cncn1C)OC. The molecule has 1 heterocycles. The average molecular weight is 213 g/mol. The molecule has 0 aliphatic heterocycles. The molecule has 1 aromatic rings. The third-order valence-corrected chi connectivity index (χ3v) is 2.28. The second kappa shape index (κ2) is 6.55. The minimum atomic E-state index is 0.100. The zero-order chi connectivity index (χ0) is 11.1. The van der Waals surface area contributed by atoms with E-state index in [1.807, 2.05) is 17.8 Å². The van der Waals surface area contributed by atoms with Crippen LogP contribution in [0.3, 0.4) is 0 Å². The van der Waals surface area contributed by atoms with Gasteiger partial charge in [-0.1, -0.05) is 0 Å². The van der Waals surface area contributed by atoms with Crippen LogP contribution >= 0.6 is 0 Å². The standard InChI is InChI=1S/C10H19N3O2/c1-13-8-12-5-9(13)4-11-6-10(15-3)7-14-2/h5,8,10-11H,4,6-7H2,1-3H3. The van der Waals surface area contributed by atoms with Crippen molar-refractivity contribution in [2.45, 2.75) is 12.6 Å². The number of aromatic nitrogens is 2. The van der Waals surface area contributed by atoms with Gasteiger partial charge in [0, 0.05) is 40.6 Å². The molecule has 1 aromatic heterocycles. The monoisotopic (exact) mass is 213 g/mol. The molecular formula is C10H19N3O2. The summed E-state index contributed by atoms with van der Waals surface area (Å²) in [5, 5.41) is 3.30. The van der Waals surface area contributed by atoms with Crippen LogP contribution in [0, 0.1) is 0 Å². The summed E-state index contributed by atoms with van der Waals surface area (Å²) in [5.74, 6) is 0. The highest BCUT2D eigenvalue weighted by molar-refractivity contribution is 4.96. The van der Waals surface area contributed by atoms with Gasteiger partial charge in [0.1, 0.15) is 0 Å². The quantitative estimate of drug-likeness (QED) is 0.701. The fraction of sp³-hybridized carbons (Fsp3) is 0.700. The molecule has 0 aromatic carbocycles. The molecule has 0 aliphatic rings. The molecule has 5 nitrogen and oxygen atoms in total. The van der Waals surface area contributed by atoms with E-state index in [4.69, 9.17) is 9.47 Å². The lowest BCUT2D eigenvalue weighted by Gasteiger charge is -2.14. The summed E-state index contributed by atoms with van der Waals surface area (Å²) < 4.78 is 12.2. The van der Waals surface area contributed by atoms with Crippen LogP contribution in [0.4, 0.5) is 0 Å². The fourth-order valence-corrected chi connectivity index (χ4v) is 1.31. The third-order valence-electron chi connectivity index (χ3n) is 2.28. The van der Waals surface area contributed by atoms with Gasteiger partial charge in [0.15, 0.2) is 0 Å². The van der Waals surface area contributed by atoms with Crippen molar-refractivity contribution in [3.8, 4) is 0 Å². The number of hydrogen-bond donors (Lipinski definition) is 1. The van der Waals surface area contributed by atoms with E-state index in [1.165, 1.54) is 0 Å². The molecule has 1 N–H and O–H groups in total. The first kappa shape index (κ1) is 12.2. The summed E-state index contributed by atoms with van der Waals surface area (Å²) in [5.41, 5.74) is 1.15.